The first-order valence-corrected chi connectivity index (χ1v) is 11.1. The number of nitrogens with one attached hydrogen (secondary N) is 1. The molecular formula is C24H31N5O2. The number of rotatable bonds is 6. The molecule has 0 aliphatic carbocycles. The summed E-state index contributed by atoms with van der Waals surface area (Å²) < 4.78 is 5.48. The first-order valence-electron chi connectivity index (χ1n) is 11.1. The van der Waals surface area contributed by atoms with Gasteiger partial charge in [-0.2, -0.15) is 4.98 Å². The van der Waals surface area contributed by atoms with Crippen molar-refractivity contribution in [3.05, 3.63) is 47.4 Å². The van der Waals surface area contributed by atoms with E-state index in [1.54, 1.807) is 0 Å². The molecule has 1 fully saturated rings. The Hall–Kier alpha value is -2.96. The average Bonchev–Trinajstić information content (AvgIpc) is 3.12. The van der Waals surface area contributed by atoms with E-state index in [-0.39, 0.29) is 11.9 Å². The summed E-state index contributed by atoms with van der Waals surface area (Å²) in [6, 6.07) is 9.91. The lowest BCUT2D eigenvalue weighted by Gasteiger charge is -2.36. The van der Waals surface area contributed by atoms with Gasteiger partial charge >= 0.3 is 0 Å². The first-order chi connectivity index (χ1) is 14.9. The van der Waals surface area contributed by atoms with Gasteiger partial charge in [0.25, 0.3) is 5.71 Å². The number of anilines is 1. The summed E-state index contributed by atoms with van der Waals surface area (Å²) in [5.74, 6) is 2.68. The van der Waals surface area contributed by atoms with Crippen LogP contribution in [0.2, 0.25) is 0 Å². The summed E-state index contributed by atoms with van der Waals surface area (Å²) in [4.78, 5) is 24.3. The number of benzene rings is 1. The molecule has 2 aromatic heterocycles. The van der Waals surface area contributed by atoms with Gasteiger partial charge in [0, 0.05) is 25.9 Å². The second kappa shape index (κ2) is 9.04. The molecule has 3 aromatic rings. The number of nitrogens with zero attached hydrogens (tertiary/aromatic N) is 4. The third kappa shape index (κ3) is 4.86. The maximum Gasteiger partial charge on any atom is 0.263 e. The van der Waals surface area contributed by atoms with Gasteiger partial charge in [-0.3, -0.25) is 4.79 Å². The summed E-state index contributed by atoms with van der Waals surface area (Å²) in [5, 5.41) is 8.05. The highest BCUT2D eigenvalue weighted by molar-refractivity contribution is 5.88. The molecule has 1 aliphatic rings. The molecule has 0 radical (unpaired) electrons. The minimum atomic E-state index is -0.0408. The lowest BCUT2D eigenvalue weighted by atomic mass is 9.92. The highest BCUT2D eigenvalue weighted by atomic mass is 16.5. The van der Waals surface area contributed by atoms with Crippen molar-refractivity contribution in [3.8, 4) is 0 Å². The summed E-state index contributed by atoms with van der Waals surface area (Å²) in [5.41, 5.74) is 2.39. The Kier molecular flexibility index (Phi) is 6.20. The van der Waals surface area contributed by atoms with Crippen molar-refractivity contribution >= 4 is 22.8 Å². The van der Waals surface area contributed by atoms with E-state index in [0.717, 1.165) is 35.6 Å². The lowest BCUT2D eigenvalue weighted by molar-refractivity contribution is -0.121. The largest absolute Gasteiger partial charge is 0.355 e. The van der Waals surface area contributed by atoms with Crippen molar-refractivity contribution in [2.45, 2.75) is 53.0 Å². The Morgan fingerprint density at radius 1 is 1.19 bits per heavy atom. The van der Waals surface area contributed by atoms with Crippen LogP contribution in [0.15, 0.2) is 34.9 Å². The smallest absolute Gasteiger partial charge is 0.263 e. The van der Waals surface area contributed by atoms with Crippen LogP contribution in [0.3, 0.4) is 0 Å². The van der Waals surface area contributed by atoms with E-state index in [9.17, 15) is 4.79 Å². The number of carbonyl (C=O) groups excluding carboxylic acids is 1. The van der Waals surface area contributed by atoms with Crippen LogP contribution >= 0.6 is 0 Å². The molecule has 1 amide bonds. The van der Waals surface area contributed by atoms with E-state index < -0.39 is 0 Å². The zero-order valence-corrected chi connectivity index (χ0v) is 18.8. The molecule has 164 valence electrons. The number of aryl methyl sites for hydroxylation is 2. The first kappa shape index (κ1) is 21.3. The Morgan fingerprint density at radius 3 is 2.61 bits per heavy atom. The highest BCUT2D eigenvalue weighted by Gasteiger charge is 2.27. The maximum absolute atomic E-state index is 12.5. The predicted molar refractivity (Wildman–Crippen MR) is 121 cm³/mol. The van der Waals surface area contributed by atoms with E-state index in [1.807, 2.05) is 44.2 Å². The molecule has 1 saturated heterocycles. The minimum Gasteiger partial charge on any atom is -0.355 e. The van der Waals surface area contributed by atoms with Gasteiger partial charge in [-0.15, -0.1) is 0 Å². The zero-order chi connectivity index (χ0) is 22.0. The molecule has 0 bridgehead atoms. The van der Waals surface area contributed by atoms with Crippen LogP contribution in [-0.2, 0) is 11.2 Å². The van der Waals surface area contributed by atoms with Crippen molar-refractivity contribution in [1.82, 2.24) is 20.4 Å². The maximum atomic E-state index is 12.5. The molecule has 0 unspecified atom stereocenters. The SMILES string of the molecule is Cc1noc2nc(CCC(=O)N[C@H](C)c3ccccc3)nc(N3C[C@H](C)C[C@H](C)C3)c12. The van der Waals surface area contributed by atoms with Gasteiger partial charge < -0.3 is 14.7 Å². The number of aromatic nitrogens is 3. The fourth-order valence-electron chi connectivity index (χ4n) is 4.55. The fraction of sp³-hybridized carbons (Fsp3) is 0.500. The van der Waals surface area contributed by atoms with E-state index in [2.05, 4.69) is 34.2 Å². The van der Waals surface area contributed by atoms with Crippen LogP contribution in [0.25, 0.3) is 11.1 Å². The van der Waals surface area contributed by atoms with Crippen LogP contribution in [0.4, 0.5) is 5.82 Å². The second-order valence-electron chi connectivity index (χ2n) is 8.96. The number of piperidine rings is 1. The molecule has 31 heavy (non-hydrogen) atoms. The molecule has 1 aromatic carbocycles. The molecule has 0 saturated carbocycles. The molecule has 1 N–H and O–H groups in total. The molecule has 7 nitrogen and oxygen atoms in total. The van der Waals surface area contributed by atoms with Gasteiger partial charge in [0.05, 0.1) is 11.7 Å². The van der Waals surface area contributed by atoms with Crippen molar-refractivity contribution in [1.29, 1.82) is 0 Å². The van der Waals surface area contributed by atoms with E-state index in [1.165, 1.54) is 6.42 Å². The predicted octanol–water partition coefficient (Wildman–Crippen LogP) is 4.22. The van der Waals surface area contributed by atoms with Gasteiger partial charge in [0.2, 0.25) is 5.91 Å². The summed E-state index contributed by atoms with van der Waals surface area (Å²) in [6.45, 7) is 10.4. The van der Waals surface area contributed by atoms with Crippen molar-refractivity contribution < 1.29 is 9.32 Å². The van der Waals surface area contributed by atoms with Crippen molar-refractivity contribution in [2.24, 2.45) is 11.8 Å². The minimum absolute atomic E-state index is 0.0180. The number of amides is 1. The zero-order valence-electron chi connectivity index (χ0n) is 18.8. The van der Waals surface area contributed by atoms with Gasteiger partial charge in [0.1, 0.15) is 17.0 Å². The van der Waals surface area contributed by atoms with Gasteiger partial charge in [0.15, 0.2) is 0 Å². The molecule has 4 rings (SSSR count). The Bertz CT molecular complexity index is 1040. The molecule has 7 heteroatoms. The molecule has 3 heterocycles. The number of hydrogen-bond acceptors (Lipinski definition) is 6. The Labute approximate surface area is 183 Å². The summed E-state index contributed by atoms with van der Waals surface area (Å²) >= 11 is 0. The van der Waals surface area contributed by atoms with Crippen LogP contribution in [0.5, 0.6) is 0 Å². The van der Waals surface area contributed by atoms with Crippen LogP contribution in [-0.4, -0.2) is 34.1 Å². The quantitative estimate of drug-likeness (QED) is 0.642. The van der Waals surface area contributed by atoms with E-state index in [4.69, 9.17) is 9.51 Å². The normalized spacial score (nSPS) is 20.1. The number of carbonyl (C=O) groups is 1. The number of hydrogen-bond donors (Lipinski definition) is 1. The lowest BCUT2D eigenvalue weighted by Crippen LogP contribution is -2.39. The summed E-state index contributed by atoms with van der Waals surface area (Å²) in [7, 11) is 0. The Morgan fingerprint density at radius 2 is 1.90 bits per heavy atom. The van der Waals surface area contributed by atoms with E-state index in [0.29, 0.717) is 36.2 Å². The van der Waals surface area contributed by atoms with E-state index >= 15 is 0 Å². The number of fused-ring (bicyclic) bond motifs is 1. The summed E-state index contributed by atoms with van der Waals surface area (Å²) in [6.07, 6.45) is 2.00. The van der Waals surface area contributed by atoms with Crippen molar-refractivity contribution in [2.75, 3.05) is 18.0 Å². The molecule has 0 spiro atoms. The molecule has 1 aliphatic heterocycles. The van der Waals surface area contributed by atoms with Crippen molar-refractivity contribution in [3.63, 3.8) is 0 Å². The molecular weight excluding hydrogens is 390 g/mol. The van der Waals surface area contributed by atoms with Crippen LogP contribution in [0.1, 0.15) is 56.7 Å². The van der Waals surface area contributed by atoms with Crippen LogP contribution in [0, 0.1) is 18.8 Å². The highest BCUT2D eigenvalue weighted by Crippen LogP contribution is 2.32. The third-order valence-corrected chi connectivity index (χ3v) is 5.96. The monoisotopic (exact) mass is 421 g/mol. The topological polar surface area (TPSA) is 84.1 Å². The van der Waals surface area contributed by atoms with Gasteiger partial charge in [-0.1, -0.05) is 49.3 Å². The third-order valence-electron chi connectivity index (χ3n) is 5.96. The average molecular weight is 422 g/mol. The van der Waals surface area contributed by atoms with Crippen LogP contribution < -0.4 is 10.2 Å². The van der Waals surface area contributed by atoms with Gasteiger partial charge in [-0.25, -0.2) is 4.98 Å². The van der Waals surface area contributed by atoms with Gasteiger partial charge in [-0.05, 0) is 37.7 Å². The standard InChI is InChI=1S/C24H31N5O2/c1-15-12-16(2)14-29(13-15)23-22-18(4)28-31-24(22)27-20(26-23)10-11-21(30)25-17(3)19-8-6-5-7-9-19/h5-9,15-17H,10-14H2,1-4H3,(H,25,30)/t15-,16+,17-/m1/s1. The Balaban J connectivity index is 1.50. The second-order valence-corrected chi connectivity index (χ2v) is 8.96. The molecule has 3 atom stereocenters. The fourth-order valence-corrected chi connectivity index (χ4v) is 4.55.